The van der Waals surface area contributed by atoms with Crippen molar-refractivity contribution in [2.75, 3.05) is 20.9 Å². The molecule has 2 heterocycles. The number of fused-ring (bicyclic) bond motifs is 2. The molecule has 0 amide bonds. The van der Waals surface area contributed by atoms with Gasteiger partial charge in [-0.1, -0.05) is 24.3 Å². The number of nitrogens with zero attached hydrogens (tertiary/aromatic N) is 2. The maximum Gasteiger partial charge on any atom is 0.0786 e. The molecule has 2 aliphatic heterocycles. The Morgan fingerprint density at radius 3 is 1.55 bits per heavy atom. The van der Waals surface area contributed by atoms with E-state index in [4.69, 9.17) is 0 Å². The summed E-state index contributed by atoms with van der Waals surface area (Å²) in [5, 5.41) is 4.34. The van der Waals surface area contributed by atoms with Gasteiger partial charge in [0.2, 0.25) is 0 Å². The van der Waals surface area contributed by atoms with Crippen molar-refractivity contribution in [3.63, 3.8) is 0 Å². The highest BCUT2D eigenvalue weighted by molar-refractivity contribution is 5.75. The first-order valence-corrected chi connectivity index (χ1v) is 7.55. The molecule has 2 aromatic rings. The normalized spacial score (nSPS) is 18.3. The smallest absolute Gasteiger partial charge is 0.0786 e. The highest BCUT2D eigenvalue weighted by Gasteiger charge is 2.32. The number of hydrogen-bond acceptors (Lipinski definition) is 6. The zero-order valence-electron chi connectivity index (χ0n) is 12.7. The Labute approximate surface area is 130 Å². The van der Waals surface area contributed by atoms with E-state index in [2.05, 4.69) is 82.2 Å². The van der Waals surface area contributed by atoms with Gasteiger partial charge in [-0.2, -0.15) is 0 Å². The Hall–Kier alpha value is -2.44. The van der Waals surface area contributed by atoms with E-state index in [0.717, 1.165) is 11.4 Å². The average molecular weight is 296 g/mol. The van der Waals surface area contributed by atoms with Crippen LogP contribution in [0.15, 0.2) is 48.5 Å². The Kier molecular flexibility index (Phi) is 3.06. The summed E-state index contributed by atoms with van der Waals surface area (Å²) in [6.45, 7) is 4.42. The maximum absolute atomic E-state index is 3.26. The SMILES string of the molecule is CC(C(C)N1NNc2ccccc21)N1NNc2ccccc21. The summed E-state index contributed by atoms with van der Waals surface area (Å²) in [6, 6.07) is 17.1. The molecule has 0 radical (unpaired) electrons. The molecular formula is C16H20N6. The zero-order valence-corrected chi connectivity index (χ0v) is 12.7. The number of rotatable bonds is 3. The maximum atomic E-state index is 3.26. The van der Waals surface area contributed by atoms with Gasteiger partial charge in [0.05, 0.1) is 34.8 Å². The number of benzene rings is 2. The van der Waals surface area contributed by atoms with Gasteiger partial charge in [-0.05, 0) is 38.1 Å². The Morgan fingerprint density at radius 2 is 1.09 bits per heavy atom. The largest absolute Gasteiger partial charge is 0.302 e. The van der Waals surface area contributed by atoms with Crippen molar-refractivity contribution in [2.24, 2.45) is 0 Å². The number of nitrogens with one attached hydrogen (secondary N) is 4. The zero-order chi connectivity index (χ0) is 15.1. The van der Waals surface area contributed by atoms with Crippen molar-refractivity contribution in [1.82, 2.24) is 11.1 Å². The average Bonchev–Trinajstić information content (AvgIpc) is 3.17. The minimum absolute atomic E-state index is 0.247. The van der Waals surface area contributed by atoms with Crippen molar-refractivity contribution >= 4 is 22.7 Å². The lowest BCUT2D eigenvalue weighted by Crippen LogP contribution is -2.56. The summed E-state index contributed by atoms with van der Waals surface area (Å²) in [4.78, 5) is 0. The summed E-state index contributed by atoms with van der Waals surface area (Å²) in [5.41, 5.74) is 17.5. The van der Waals surface area contributed by atoms with Gasteiger partial charge in [0.25, 0.3) is 0 Å². The van der Waals surface area contributed by atoms with Gasteiger partial charge in [0.15, 0.2) is 0 Å². The second kappa shape index (κ2) is 5.08. The Bertz CT molecular complexity index is 628. The molecule has 6 heteroatoms. The minimum atomic E-state index is 0.247. The van der Waals surface area contributed by atoms with Crippen molar-refractivity contribution in [3.8, 4) is 0 Å². The topological polar surface area (TPSA) is 54.6 Å². The summed E-state index contributed by atoms with van der Waals surface area (Å²) >= 11 is 0. The third-order valence-corrected chi connectivity index (χ3v) is 4.46. The van der Waals surface area contributed by atoms with Gasteiger partial charge in [0, 0.05) is 0 Å². The molecule has 6 nitrogen and oxygen atoms in total. The Balaban J connectivity index is 1.58. The van der Waals surface area contributed by atoms with Gasteiger partial charge < -0.3 is 10.9 Å². The molecule has 2 aliphatic rings. The van der Waals surface area contributed by atoms with Crippen LogP contribution in [-0.2, 0) is 0 Å². The number of anilines is 4. The lowest BCUT2D eigenvalue weighted by atomic mass is 10.1. The highest BCUT2D eigenvalue weighted by atomic mass is 15.8. The van der Waals surface area contributed by atoms with Gasteiger partial charge in [-0.25, -0.2) is 0 Å². The molecule has 4 N–H and O–H groups in total. The standard InChI is InChI=1S/C16H20N6/c1-11(21-15-9-5-3-7-13(15)17-19-21)12(2)22-16-10-6-4-8-14(16)18-20-22/h3-12,17-20H,1-2H3. The van der Waals surface area contributed by atoms with E-state index in [0.29, 0.717) is 0 Å². The first kappa shape index (κ1) is 13.2. The minimum Gasteiger partial charge on any atom is -0.302 e. The van der Waals surface area contributed by atoms with Crippen LogP contribution in [0.3, 0.4) is 0 Å². The first-order valence-electron chi connectivity index (χ1n) is 7.55. The molecule has 114 valence electrons. The van der Waals surface area contributed by atoms with E-state index in [-0.39, 0.29) is 12.1 Å². The molecule has 22 heavy (non-hydrogen) atoms. The summed E-state index contributed by atoms with van der Waals surface area (Å²) < 4.78 is 0. The fourth-order valence-corrected chi connectivity index (χ4v) is 3.01. The number of para-hydroxylation sites is 4. The monoisotopic (exact) mass is 296 g/mol. The quantitative estimate of drug-likeness (QED) is 0.698. The first-order chi connectivity index (χ1) is 10.8. The van der Waals surface area contributed by atoms with Crippen LogP contribution < -0.4 is 31.9 Å². The second-order valence-corrected chi connectivity index (χ2v) is 5.73. The predicted molar refractivity (Wildman–Crippen MR) is 90.3 cm³/mol. The van der Waals surface area contributed by atoms with E-state index in [1.807, 2.05) is 12.1 Å². The van der Waals surface area contributed by atoms with Gasteiger partial charge >= 0.3 is 0 Å². The van der Waals surface area contributed by atoms with Gasteiger partial charge in [-0.15, -0.1) is 11.1 Å². The molecule has 4 rings (SSSR count). The molecular weight excluding hydrogens is 276 g/mol. The molecule has 0 aliphatic carbocycles. The van der Waals surface area contributed by atoms with E-state index in [9.17, 15) is 0 Å². The summed E-state index contributed by atoms with van der Waals surface area (Å²) in [6.07, 6.45) is 0. The third-order valence-electron chi connectivity index (χ3n) is 4.46. The predicted octanol–water partition coefficient (Wildman–Crippen LogP) is 2.47. The van der Waals surface area contributed by atoms with Crippen LogP contribution in [0.25, 0.3) is 0 Å². The number of hydrazine groups is 4. The van der Waals surface area contributed by atoms with E-state index in [1.54, 1.807) is 0 Å². The second-order valence-electron chi connectivity index (χ2n) is 5.73. The third kappa shape index (κ3) is 1.96. The molecule has 0 aromatic heterocycles. The molecule has 0 spiro atoms. The van der Waals surface area contributed by atoms with Gasteiger partial charge in [-0.3, -0.25) is 10.0 Å². The summed E-state index contributed by atoms with van der Waals surface area (Å²) in [5.74, 6) is 0. The fourth-order valence-electron chi connectivity index (χ4n) is 3.01. The van der Waals surface area contributed by atoms with Crippen molar-refractivity contribution in [1.29, 1.82) is 0 Å². The van der Waals surface area contributed by atoms with Crippen LogP contribution in [0, 0.1) is 0 Å². The molecule has 0 fully saturated rings. The van der Waals surface area contributed by atoms with Crippen molar-refractivity contribution < 1.29 is 0 Å². The van der Waals surface area contributed by atoms with Gasteiger partial charge in [0.1, 0.15) is 0 Å². The van der Waals surface area contributed by atoms with Crippen LogP contribution in [0.1, 0.15) is 13.8 Å². The van der Waals surface area contributed by atoms with Crippen LogP contribution in [0.2, 0.25) is 0 Å². The molecule has 2 unspecified atom stereocenters. The van der Waals surface area contributed by atoms with Crippen molar-refractivity contribution in [3.05, 3.63) is 48.5 Å². The number of hydrogen-bond donors (Lipinski definition) is 4. The molecule has 2 aromatic carbocycles. The Morgan fingerprint density at radius 1 is 0.682 bits per heavy atom. The molecule has 0 saturated carbocycles. The lowest BCUT2D eigenvalue weighted by molar-refractivity contribution is 0.467. The lowest BCUT2D eigenvalue weighted by Gasteiger charge is -2.36. The van der Waals surface area contributed by atoms with Crippen LogP contribution in [-0.4, -0.2) is 12.1 Å². The molecule has 2 atom stereocenters. The van der Waals surface area contributed by atoms with E-state index >= 15 is 0 Å². The van der Waals surface area contributed by atoms with E-state index in [1.165, 1.54) is 11.4 Å². The van der Waals surface area contributed by atoms with Crippen LogP contribution in [0.5, 0.6) is 0 Å². The highest BCUT2D eigenvalue weighted by Crippen LogP contribution is 2.34. The molecule has 0 saturated heterocycles. The van der Waals surface area contributed by atoms with E-state index < -0.39 is 0 Å². The molecule has 0 bridgehead atoms. The fraction of sp³-hybridized carbons (Fsp3) is 0.250. The van der Waals surface area contributed by atoms with Crippen molar-refractivity contribution in [2.45, 2.75) is 25.9 Å². The van der Waals surface area contributed by atoms with Crippen LogP contribution >= 0.6 is 0 Å². The van der Waals surface area contributed by atoms with Crippen LogP contribution in [0.4, 0.5) is 22.7 Å². The summed E-state index contributed by atoms with van der Waals surface area (Å²) in [7, 11) is 0.